The molecular formula is C44H48N6O3S. The molecule has 54 heavy (non-hydrogen) atoms. The van der Waals surface area contributed by atoms with Gasteiger partial charge in [-0.3, -0.25) is 19.7 Å². The Bertz CT molecular complexity index is 2200. The van der Waals surface area contributed by atoms with Crippen LogP contribution in [0.5, 0.6) is 0 Å². The zero-order chi connectivity index (χ0) is 36.8. The van der Waals surface area contributed by atoms with Crippen molar-refractivity contribution in [2.24, 2.45) is 5.92 Å². The predicted molar refractivity (Wildman–Crippen MR) is 218 cm³/mol. The van der Waals surface area contributed by atoms with Gasteiger partial charge in [-0.05, 0) is 124 Å². The van der Waals surface area contributed by atoms with Gasteiger partial charge >= 0.3 is 0 Å². The van der Waals surface area contributed by atoms with Crippen molar-refractivity contribution in [1.29, 1.82) is 0 Å². The summed E-state index contributed by atoms with van der Waals surface area (Å²) in [5.41, 5.74) is 7.61. The van der Waals surface area contributed by atoms with Crippen LogP contribution in [-0.2, 0) is 9.59 Å². The van der Waals surface area contributed by atoms with E-state index in [1.54, 1.807) is 11.3 Å². The number of fused-ring (bicyclic) bond motifs is 5. The lowest BCUT2D eigenvalue weighted by atomic mass is 9.85. The Morgan fingerprint density at radius 3 is 2.33 bits per heavy atom. The van der Waals surface area contributed by atoms with Crippen molar-refractivity contribution in [1.82, 2.24) is 20.5 Å². The number of amides is 3. The summed E-state index contributed by atoms with van der Waals surface area (Å²) in [4.78, 5) is 47.7. The molecule has 9 nitrogen and oxygen atoms in total. The molecule has 3 N–H and O–H groups in total. The number of carbonyl (C=O) groups is 3. The van der Waals surface area contributed by atoms with E-state index >= 15 is 0 Å². The number of piperidine rings is 3. The van der Waals surface area contributed by atoms with Gasteiger partial charge < -0.3 is 20.4 Å². The number of rotatable bonds is 7. The van der Waals surface area contributed by atoms with Gasteiger partial charge in [0.2, 0.25) is 11.8 Å². The van der Waals surface area contributed by atoms with Gasteiger partial charge in [0.15, 0.2) is 0 Å². The van der Waals surface area contributed by atoms with Gasteiger partial charge in [0, 0.05) is 58.8 Å². The lowest BCUT2D eigenvalue weighted by Crippen LogP contribution is -2.39. The number of hydrogen-bond donors (Lipinski definition) is 3. The van der Waals surface area contributed by atoms with Crippen LogP contribution in [-0.4, -0.2) is 72.9 Å². The maximum Gasteiger partial charge on any atom is 0.263 e. The minimum absolute atomic E-state index is 0.00630. The second-order valence-corrected chi connectivity index (χ2v) is 16.9. The van der Waals surface area contributed by atoms with Gasteiger partial charge in [0.25, 0.3) is 5.91 Å². The van der Waals surface area contributed by atoms with Crippen molar-refractivity contribution in [3.63, 3.8) is 0 Å². The fraction of sp³-hybridized carbons (Fsp3) is 0.409. The number of thiophene rings is 1. The molecule has 9 rings (SSSR count). The van der Waals surface area contributed by atoms with Gasteiger partial charge in [-0.15, -0.1) is 11.3 Å². The third-order valence-electron chi connectivity index (χ3n) is 12.3. The van der Waals surface area contributed by atoms with E-state index in [0.29, 0.717) is 25.3 Å². The van der Waals surface area contributed by atoms with Crippen molar-refractivity contribution < 1.29 is 14.4 Å². The molecule has 4 aliphatic rings. The van der Waals surface area contributed by atoms with E-state index in [0.717, 1.165) is 80.5 Å². The highest BCUT2D eigenvalue weighted by molar-refractivity contribution is 7.21. The van der Waals surface area contributed by atoms with E-state index in [1.807, 2.05) is 6.92 Å². The lowest BCUT2D eigenvalue weighted by molar-refractivity contribution is -0.134. The molecule has 3 fully saturated rings. The first-order chi connectivity index (χ1) is 26.4. The summed E-state index contributed by atoms with van der Waals surface area (Å²) >= 11 is 1.54. The maximum atomic E-state index is 12.8. The molecule has 0 saturated carbocycles. The first kappa shape index (κ1) is 34.9. The Kier molecular flexibility index (Phi) is 9.57. The van der Waals surface area contributed by atoms with Gasteiger partial charge in [0.1, 0.15) is 4.88 Å². The number of nitrogens with one attached hydrogen (secondary N) is 3. The van der Waals surface area contributed by atoms with Crippen molar-refractivity contribution in [2.75, 3.05) is 49.5 Å². The molecule has 6 heterocycles. The lowest BCUT2D eigenvalue weighted by Gasteiger charge is -2.36. The number of likely N-dealkylation sites (tertiary alicyclic amines) is 1. The molecule has 4 aliphatic heterocycles. The largest absolute Gasteiger partial charge is 0.381 e. The summed E-state index contributed by atoms with van der Waals surface area (Å²) in [6, 6.07) is 26.0. The molecule has 10 heteroatoms. The number of nitrogens with zero attached hydrogens (tertiary/aromatic N) is 3. The smallest absolute Gasteiger partial charge is 0.263 e. The zero-order valence-corrected chi connectivity index (χ0v) is 31.7. The van der Waals surface area contributed by atoms with Crippen LogP contribution in [0.4, 0.5) is 11.4 Å². The Hall–Kier alpha value is -4.80. The molecule has 278 valence electrons. The van der Waals surface area contributed by atoms with E-state index in [9.17, 15) is 14.4 Å². The van der Waals surface area contributed by atoms with Crippen molar-refractivity contribution in [2.45, 2.75) is 69.7 Å². The SMILES string of the molecule is C[C@@H]1CNc2c(sc3ccc4nc(-c5ccc(N6CCC(CCN7CCC(c8ccc(C9CCC(=O)NC9=O)cc8)CC7)CC6)cc5)ccc4c23)C(=O)N1. The number of imide groups is 1. The third-order valence-corrected chi connectivity index (χ3v) is 13.5. The molecular weight excluding hydrogens is 693 g/mol. The Labute approximate surface area is 320 Å². The standard InChI is InChI=1S/C44H48N6O3S/c1-27-26-45-41-40-35-10-12-36(47-37(35)13-14-38(40)54-42(41)44(53)46-27)32-6-8-33(9-7-32)50-24-17-28(18-25-50)16-21-49-22-19-30(20-23-49)29-2-4-31(5-3-29)34-11-15-39(51)48-43(34)52/h2-10,12-14,27-28,30,34,45H,11,15-26H2,1H3,(H,46,53)(H,48,51,52)/t27-,34?/m1/s1. The second kappa shape index (κ2) is 14.8. The van der Waals surface area contributed by atoms with Crippen LogP contribution in [0, 0.1) is 5.92 Å². The molecule has 3 saturated heterocycles. The van der Waals surface area contributed by atoms with Crippen LogP contribution in [0.15, 0.2) is 72.8 Å². The Morgan fingerprint density at radius 1 is 0.815 bits per heavy atom. The molecule has 1 unspecified atom stereocenters. The van der Waals surface area contributed by atoms with E-state index in [1.165, 1.54) is 49.9 Å². The monoisotopic (exact) mass is 740 g/mol. The van der Waals surface area contributed by atoms with E-state index in [2.05, 4.69) is 98.5 Å². The molecule has 0 spiro atoms. The average molecular weight is 741 g/mol. The summed E-state index contributed by atoms with van der Waals surface area (Å²) in [6.07, 6.45) is 7.12. The minimum Gasteiger partial charge on any atom is -0.381 e. The van der Waals surface area contributed by atoms with Crippen LogP contribution >= 0.6 is 11.3 Å². The van der Waals surface area contributed by atoms with Crippen LogP contribution in [0.2, 0.25) is 0 Å². The molecule has 0 radical (unpaired) electrons. The molecule has 5 aromatic rings. The summed E-state index contributed by atoms with van der Waals surface area (Å²) in [5, 5.41) is 11.2. The van der Waals surface area contributed by atoms with Crippen LogP contribution < -0.4 is 20.9 Å². The molecule has 0 bridgehead atoms. The first-order valence-electron chi connectivity index (χ1n) is 19.8. The Balaban J connectivity index is 0.755. The van der Waals surface area contributed by atoms with E-state index in [-0.39, 0.29) is 29.7 Å². The number of carbonyl (C=O) groups excluding carboxylic acids is 3. The third kappa shape index (κ3) is 6.97. The van der Waals surface area contributed by atoms with Crippen LogP contribution in [0.3, 0.4) is 0 Å². The highest BCUT2D eigenvalue weighted by Gasteiger charge is 2.29. The molecule has 3 aromatic carbocycles. The van der Waals surface area contributed by atoms with E-state index < -0.39 is 0 Å². The summed E-state index contributed by atoms with van der Waals surface area (Å²) < 4.78 is 1.10. The first-order valence-corrected chi connectivity index (χ1v) is 20.6. The van der Waals surface area contributed by atoms with Gasteiger partial charge in [-0.1, -0.05) is 36.4 Å². The summed E-state index contributed by atoms with van der Waals surface area (Å²) in [6.45, 7) is 8.39. The number of pyridine rings is 1. The molecule has 2 atom stereocenters. The van der Waals surface area contributed by atoms with Crippen LogP contribution in [0.1, 0.15) is 84.5 Å². The molecule has 0 aliphatic carbocycles. The maximum absolute atomic E-state index is 12.8. The number of benzene rings is 3. The van der Waals surface area contributed by atoms with Gasteiger partial charge in [-0.25, -0.2) is 4.98 Å². The predicted octanol–water partition coefficient (Wildman–Crippen LogP) is 7.67. The fourth-order valence-electron chi connectivity index (χ4n) is 9.08. The Morgan fingerprint density at radius 2 is 1.57 bits per heavy atom. The van der Waals surface area contributed by atoms with Crippen molar-refractivity contribution >= 4 is 61.4 Å². The van der Waals surface area contributed by atoms with E-state index in [4.69, 9.17) is 4.98 Å². The quantitative estimate of drug-likeness (QED) is 0.147. The highest BCUT2D eigenvalue weighted by Crippen LogP contribution is 2.41. The van der Waals surface area contributed by atoms with Crippen LogP contribution in [0.25, 0.3) is 32.2 Å². The summed E-state index contributed by atoms with van der Waals surface area (Å²) in [5.74, 6) is 0.805. The number of aromatic nitrogens is 1. The highest BCUT2D eigenvalue weighted by atomic mass is 32.1. The normalized spacial score (nSPS) is 21.8. The fourth-order valence-corrected chi connectivity index (χ4v) is 10.2. The van der Waals surface area contributed by atoms with Crippen molar-refractivity contribution in [3.05, 3.63) is 88.8 Å². The van der Waals surface area contributed by atoms with Gasteiger partial charge in [0.05, 0.1) is 22.8 Å². The second-order valence-electron chi connectivity index (χ2n) is 15.8. The van der Waals surface area contributed by atoms with Gasteiger partial charge in [-0.2, -0.15) is 0 Å². The zero-order valence-electron chi connectivity index (χ0n) is 30.9. The number of anilines is 2. The minimum atomic E-state index is -0.212. The summed E-state index contributed by atoms with van der Waals surface area (Å²) in [7, 11) is 0. The average Bonchev–Trinajstić information content (AvgIpc) is 3.52. The topological polar surface area (TPSA) is 107 Å². The molecule has 3 amide bonds. The number of hydrogen-bond acceptors (Lipinski definition) is 8. The van der Waals surface area contributed by atoms with Crippen molar-refractivity contribution in [3.8, 4) is 11.3 Å². The molecule has 2 aromatic heterocycles.